The first-order chi connectivity index (χ1) is 60.1. The number of hydrogen-bond donors (Lipinski definition) is 3. The van der Waals surface area contributed by atoms with E-state index in [9.17, 15) is 43.2 Å². The lowest BCUT2D eigenvalue weighted by Crippen LogP contribution is -2.53. The summed E-state index contributed by atoms with van der Waals surface area (Å²) in [5.41, 5.74) is -1.40. The van der Waals surface area contributed by atoms with Crippen LogP contribution in [0.4, 0.5) is 77.3 Å². The standard InChI is InChI=1S/C26H39NO4.C18H27NO4.C17H21NO2.C16H23NO4.C16H23NO2.C11H15NO2/c1-25(2,20-14-8-5-9-15-20)30-23(28)27(22-18-12-7-13-19-22)24(29)31-26(3,4)21-16-10-6-11-17-21;1-7-17(3,4)22-15(20)19(14-12-10-9-11-13-14)16(21)23-18(5,6)8-2;19-16(18-15-4-2-1-3-5-15)20-17-9-12-6-13(10-17)8-14(7-12)11-17;1-15(2,3)20-13(18)17(12-10-8-7-9-11-12)14(19)21-16(4,5)6;1-16(2,13-9-5-3-6-10-13)19-15(18)17-14-11-7-4-8-12-14;1-11(2,3)14-10(13)12-9-7-5-4-6-8-9/h7,12-13,18-21H,5-6,8-11,14-17H2,1-4H3;9-13H,7-8H2,1-6H3;1-5,12-14H,6-11H2,(H,18,19);7-11H,1-6H3;4,7-8,11-13H,3,5-6,9-10H2,1-2H3,(H,17,18);4-8H,1-3H3,(H,12,13). The number of rotatable bonds is 17. The largest absolute Gasteiger partial charge is 0.444 e. The van der Waals surface area contributed by atoms with E-state index in [0.717, 1.165) is 133 Å². The van der Waals surface area contributed by atoms with Gasteiger partial charge in [0, 0.05) is 17.1 Å². The topological polar surface area (TPSA) is 283 Å². The highest BCUT2D eigenvalue weighted by atomic mass is 16.6. The number of carbonyl (C=O) groups excluding carboxylic acids is 9. The van der Waals surface area contributed by atoms with E-state index in [4.69, 9.17) is 42.6 Å². The third kappa shape index (κ3) is 35.8. The molecule has 24 heteroatoms. The Bertz CT molecular complexity index is 4290. The Balaban J connectivity index is 0.000000214. The fraction of sp³-hybridized carbons (Fsp3) is 0.567. The van der Waals surface area contributed by atoms with Crippen LogP contribution in [0.3, 0.4) is 0 Å². The number of nitrogens with one attached hydrogen (secondary N) is 3. The summed E-state index contributed by atoms with van der Waals surface area (Å²) in [5, 5.41) is 8.27. The van der Waals surface area contributed by atoms with Crippen molar-refractivity contribution in [3.63, 3.8) is 0 Å². The number of ether oxygens (including phenoxy) is 9. The van der Waals surface area contributed by atoms with Crippen molar-refractivity contribution in [2.75, 3.05) is 30.7 Å². The molecule has 3 N–H and O–H groups in total. The average molecular weight is 1770 g/mol. The van der Waals surface area contributed by atoms with Gasteiger partial charge >= 0.3 is 54.8 Å². The van der Waals surface area contributed by atoms with Crippen molar-refractivity contribution in [3.05, 3.63) is 182 Å². The molecule has 6 aromatic carbocycles. The van der Waals surface area contributed by atoms with Gasteiger partial charge in [-0.05, 0) is 330 Å². The molecule has 0 heterocycles. The van der Waals surface area contributed by atoms with E-state index >= 15 is 0 Å². The first-order valence-electron chi connectivity index (χ1n) is 46.2. The zero-order chi connectivity index (χ0) is 94.3. The van der Waals surface area contributed by atoms with Gasteiger partial charge in [0.25, 0.3) is 0 Å². The van der Waals surface area contributed by atoms with Gasteiger partial charge in [0.1, 0.15) is 50.4 Å². The molecular weight excluding hydrogens is 1620 g/mol. The van der Waals surface area contributed by atoms with Crippen molar-refractivity contribution in [2.45, 2.75) is 343 Å². The highest BCUT2D eigenvalue weighted by molar-refractivity contribution is 6.11. The van der Waals surface area contributed by atoms with E-state index in [2.05, 4.69) is 16.0 Å². The molecule has 6 aromatic rings. The molecule has 0 unspecified atom stereocenters. The summed E-state index contributed by atoms with van der Waals surface area (Å²) in [4.78, 5) is 115. The van der Waals surface area contributed by atoms with E-state index in [0.29, 0.717) is 47.7 Å². The Hall–Kier alpha value is -10.7. The molecule has 13 rings (SSSR count). The van der Waals surface area contributed by atoms with Crippen molar-refractivity contribution in [1.82, 2.24) is 0 Å². The third-order valence-corrected chi connectivity index (χ3v) is 23.9. The van der Waals surface area contributed by atoms with E-state index in [1.807, 2.05) is 179 Å². The van der Waals surface area contributed by atoms with Gasteiger partial charge in [0.2, 0.25) is 0 Å². The van der Waals surface area contributed by atoms with Gasteiger partial charge in [0.05, 0.1) is 17.1 Å². The SMILES string of the molecule is CC(C)(C)OC(=O)N(C(=O)OC(C)(C)C)c1ccccc1.CC(C)(C)OC(=O)Nc1ccccc1.CC(C)(OC(=O)N(C(=O)OC(C)(C)C1CCCCC1)c1ccccc1)C1CCCCC1.CC(C)(OC(=O)Nc1ccccc1)C1CCCCC1.CCC(C)(C)OC(=O)N(C(=O)OC(C)(C)CC)c1ccccc1.O=C(Nc1ccccc1)OC12CC3CC(CC(C3)C1)C2. The fourth-order valence-electron chi connectivity index (χ4n) is 17.0. The van der Waals surface area contributed by atoms with Crippen LogP contribution < -0.4 is 30.7 Å². The molecule has 0 radical (unpaired) electrons. The maximum atomic E-state index is 13.3. The molecule has 7 fully saturated rings. The van der Waals surface area contributed by atoms with Crippen LogP contribution in [-0.4, -0.2) is 105 Å². The number of benzene rings is 6. The van der Waals surface area contributed by atoms with Crippen LogP contribution in [-0.2, 0) is 42.6 Å². The van der Waals surface area contributed by atoms with Gasteiger partial charge < -0.3 is 42.6 Å². The van der Waals surface area contributed by atoms with Crippen LogP contribution in [0.25, 0.3) is 0 Å². The molecule has 702 valence electrons. The highest BCUT2D eigenvalue weighted by Gasteiger charge is 2.54. The van der Waals surface area contributed by atoms with Gasteiger partial charge in [-0.25, -0.2) is 43.2 Å². The Morgan fingerprint density at radius 3 is 0.773 bits per heavy atom. The molecule has 7 saturated carbocycles. The molecule has 7 aliphatic carbocycles. The summed E-state index contributed by atoms with van der Waals surface area (Å²) in [5.74, 6) is 3.47. The molecule has 0 atom stereocenters. The number of para-hydroxylation sites is 6. The summed E-state index contributed by atoms with van der Waals surface area (Å²) in [6.45, 7) is 38.8. The minimum Gasteiger partial charge on any atom is -0.444 e. The minimum absolute atomic E-state index is 0.159. The number of amides is 9. The van der Waals surface area contributed by atoms with Crippen LogP contribution in [0, 0.1) is 35.5 Å². The van der Waals surface area contributed by atoms with Gasteiger partial charge in [-0.3, -0.25) is 16.0 Å². The summed E-state index contributed by atoms with van der Waals surface area (Å²) in [7, 11) is 0. The maximum absolute atomic E-state index is 13.3. The zero-order valence-electron chi connectivity index (χ0n) is 80.2. The third-order valence-electron chi connectivity index (χ3n) is 23.9. The predicted molar refractivity (Wildman–Crippen MR) is 506 cm³/mol. The number of nitrogens with zero attached hydrogens (tertiary/aromatic N) is 3. The maximum Gasteiger partial charge on any atom is 0.424 e. The van der Waals surface area contributed by atoms with Crippen LogP contribution >= 0.6 is 0 Å². The number of imide groups is 3. The van der Waals surface area contributed by atoms with E-state index in [-0.39, 0.29) is 23.4 Å². The van der Waals surface area contributed by atoms with Gasteiger partial charge in [-0.2, -0.15) is 14.7 Å². The zero-order valence-corrected chi connectivity index (χ0v) is 80.2. The second-order valence-corrected chi connectivity index (χ2v) is 40.3. The molecule has 0 spiro atoms. The van der Waals surface area contributed by atoms with Crippen LogP contribution in [0.2, 0.25) is 0 Å². The van der Waals surface area contributed by atoms with Crippen molar-refractivity contribution in [1.29, 1.82) is 0 Å². The second-order valence-electron chi connectivity index (χ2n) is 40.3. The average Bonchev–Trinajstić information content (AvgIpc) is 0.747. The molecule has 9 amide bonds. The quantitative estimate of drug-likeness (QED) is 0.0715. The lowest BCUT2D eigenvalue weighted by Gasteiger charge is -2.55. The van der Waals surface area contributed by atoms with E-state index in [1.165, 1.54) is 51.4 Å². The Morgan fingerprint density at radius 2 is 0.516 bits per heavy atom. The Morgan fingerprint density at radius 1 is 0.289 bits per heavy atom. The van der Waals surface area contributed by atoms with Gasteiger partial charge in [-0.15, -0.1) is 0 Å². The van der Waals surface area contributed by atoms with Gasteiger partial charge in [0.15, 0.2) is 0 Å². The molecule has 7 aliphatic rings. The molecule has 4 bridgehead atoms. The fourth-order valence-corrected chi connectivity index (χ4v) is 17.0. The minimum atomic E-state index is -0.761. The first kappa shape index (κ1) is 104. The van der Waals surface area contributed by atoms with E-state index < -0.39 is 81.9 Å². The molecule has 0 aromatic heterocycles. The van der Waals surface area contributed by atoms with E-state index in [1.54, 1.807) is 148 Å². The van der Waals surface area contributed by atoms with Crippen molar-refractivity contribution in [3.8, 4) is 0 Å². The molecule has 0 aliphatic heterocycles. The predicted octanol–water partition coefficient (Wildman–Crippen LogP) is 28.8. The molecule has 128 heavy (non-hydrogen) atoms. The van der Waals surface area contributed by atoms with Crippen LogP contribution in [0.15, 0.2) is 182 Å². The van der Waals surface area contributed by atoms with Crippen molar-refractivity contribution in [2.24, 2.45) is 35.5 Å². The van der Waals surface area contributed by atoms with Gasteiger partial charge in [-0.1, -0.05) is 181 Å². The normalized spacial score (nSPS) is 18.2. The Kier molecular flexibility index (Phi) is 38.8. The monoisotopic (exact) mass is 1770 g/mol. The Labute approximate surface area is 762 Å². The number of anilines is 6. The second kappa shape index (κ2) is 47.6. The molecule has 0 saturated heterocycles. The first-order valence-corrected chi connectivity index (χ1v) is 46.2. The molecular formula is C104H148N6O18. The van der Waals surface area contributed by atoms with Crippen LogP contribution in [0.5, 0.6) is 0 Å². The lowest BCUT2D eigenvalue weighted by molar-refractivity contribution is -0.124. The summed E-state index contributed by atoms with van der Waals surface area (Å²) >= 11 is 0. The molecule has 24 nitrogen and oxygen atoms in total. The smallest absolute Gasteiger partial charge is 0.424 e. The van der Waals surface area contributed by atoms with Crippen molar-refractivity contribution >= 4 is 89.0 Å². The van der Waals surface area contributed by atoms with Crippen LogP contribution in [0.1, 0.15) is 293 Å². The summed E-state index contributed by atoms with van der Waals surface area (Å²) in [6, 6.07) is 54.3. The number of carbonyl (C=O) groups is 9. The summed E-state index contributed by atoms with van der Waals surface area (Å²) < 4.78 is 50.0. The highest BCUT2D eigenvalue weighted by Crippen LogP contribution is 2.57. The van der Waals surface area contributed by atoms with Crippen molar-refractivity contribution < 1.29 is 85.8 Å². The number of hydrogen-bond acceptors (Lipinski definition) is 18. The summed E-state index contributed by atoms with van der Waals surface area (Å²) in [6.07, 6.45) is 20.6. The lowest BCUT2D eigenvalue weighted by atomic mass is 9.54.